The van der Waals surface area contributed by atoms with Gasteiger partial charge in [-0.3, -0.25) is 4.79 Å². The van der Waals surface area contributed by atoms with Crippen LogP contribution in [0.4, 0.5) is 0 Å². The first kappa shape index (κ1) is 16.0. The molecule has 21 heavy (non-hydrogen) atoms. The largest absolute Gasteiger partial charge is 0.481 e. The molecule has 6 heteroatoms. The third-order valence-corrected chi connectivity index (χ3v) is 5.75. The van der Waals surface area contributed by atoms with Gasteiger partial charge < -0.3 is 5.11 Å². The Bertz CT molecular complexity index is 648. The Morgan fingerprint density at radius 2 is 2.00 bits per heavy atom. The van der Waals surface area contributed by atoms with Crippen LogP contribution in [0.3, 0.4) is 0 Å². The van der Waals surface area contributed by atoms with Crippen LogP contribution < -0.4 is 4.72 Å². The molecule has 1 aromatic carbocycles. The molecule has 0 radical (unpaired) electrons. The molecule has 0 atom stereocenters. The number of rotatable bonds is 6. The van der Waals surface area contributed by atoms with Gasteiger partial charge in [0.25, 0.3) is 0 Å². The van der Waals surface area contributed by atoms with Gasteiger partial charge in [-0.1, -0.05) is 18.6 Å². The van der Waals surface area contributed by atoms with Gasteiger partial charge in [-0.15, -0.1) is 0 Å². The molecule has 0 amide bonds. The van der Waals surface area contributed by atoms with Crippen molar-refractivity contribution in [3.8, 4) is 0 Å². The summed E-state index contributed by atoms with van der Waals surface area (Å²) in [6.45, 7) is 3.79. The zero-order valence-electron chi connectivity index (χ0n) is 12.3. The quantitative estimate of drug-likeness (QED) is 0.844. The van der Waals surface area contributed by atoms with Crippen LogP contribution >= 0.6 is 0 Å². The van der Waals surface area contributed by atoms with Crippen LogP contribution in [0.5, 0.6) is 0 Å². The van der Waals surface area contributed by atoms with E-state index in [-0.39, 0.29) is 17.9 Å². The summed E-state index contributed by atoms with van der Waals surface area (Å²) in [6.07, 6.45) is 2.49. The fourth-order valence-electron chi connectivity index (χ4n) is 2.74. The number of carboxylic acids is 1. The van der Waals surface area contributed by atoms with E-state index in [2.05, 4.69) is 4.72 Å². The number of aliphatic carboxylic acids is 1. The maximum atomic E-state index is 12.4. The first-order chi connectivity index (χ1) is 9.74. The van der Waals surface area contributed by atoms with Crippen LogP contribution in [-0.4, -0.2) is 26.0 Å². The van der Waals surface area contributed by atoms with Crippen molar-refractivity contribution in [2.45, 2.75) is 44.4 Å². The molecule has 0 aromatic heterocycles. The van der Waals surface area contributed by atoms with E-state index in [0.717, 1.165) is 24.8 Å². The average molecular weight is 311 g/mol. The average Bonchev–Trinajstić information content (AvgIpc) is 2.35. The van der Waals surface area contributed by atoms with Gasteiger partial charge >= 0.3 is 5.97 Å². The fraction of sp³-hybridized carbons (Fsp3) is 0.533. The minimum Gasteiger partial charge on any atom is -0.481 e. The molecule has 5 nitrogen and oxygen atoms in total. The van der Waals surface area contributed by atoms with Crippen LogP contribution in [0.15, 0.2) is 23.1 Å². The van der Waals surface area contributed by atoms with Crippen molar-refractivity contribution < 1.29 is 18.3 Å². The van der Waals surface area contributed by atoms with Gasteiger partial charge in [0.2, 0.25) is 10.0 Å². The highest BCUT2D eigenvalue weighted by Gasteiger charge is 2.39. The third kappa shape index (κ3) is 3.63. The lowest BCUT2D eigenvalue weighted by molar-refractivity contribution is -0.141. The molecule has 1 aromatic rings. The van der Waals surface area contributed by atoms with E-state index in [1.165, 1.54) is 0 Å². The van der Waals surface area contributed by atoms with E-state index in [4.69, 9.17) is 5.11 Å². The Morgan fingerprint density at radius 1 is 1.33 bits per heavy atom. The van der Waals surface area contributed by atoms with Crippen LogP contribution in [0.25, 0.3) is 0 Å². The highest BCUT2D eigenvalue weighted by atomic mass is 32.2. The SMILES string of the molecule is Cc1ccc(C)c(S(=O)(=O)NCC2(CC(=O)O)CCC2)c1. The molecule has 0 saturated heterocycles. The first-order valence-corrected chi connectivity index (χ1v) is 8.51. The monoisotopic (exact) mass is 311 g/mol. The normalized spacial score (nSPS) is 17.2. The lowest BCUT2D eigenvalue weighted by Gasteiger charge is -2.40. The number of hydrogen-bond acceptors (Lipinski definition) is 3. The summed E-state index contributed by atoms with van der Waals surface area (Å²) in [6, 6.07) is 5.29. The number of aryl methyl sites for hydroxylation is 2. The molecule has 1 fully saturated rings. The maximum Gasteiger partial charge on any atom is 0.303 e. The lowest BCUT2D eigenvalue weighted by atomic mass is 9.67. The molecule has 1 saturated carbocycles. The van der Waals surface area contributed by atoms with Crippen molar-refractivity contribution in [3.63, 3.8) is 0 Å². The van der Waals surface area contributed by atoms with Crippen molar-refractivity contribution in [1.82, 2.24) is 4.72 Å². The predicted molar refractivity (Wildman–Crippen MR) is 79.6 cm³/mol. The third-order valence-electron chi connectivity index (χ3n) is 4.21. The number of carboxylic acid groups (broad SMARTS) is 1. The Hall–Kier alpha value is -1.40. The summed E-state index contributed by atoms with van der Waals surface area (Å²) in [4.78, 5) is 11.2. The second-order valence-corrected chi connectivity index (χ2v) is 7.75. The number of sulfonamides is 1. The van der Waals surface area contributed by atoms with Crippen molar-refractivity contribution in [2.24, 2.45) is 5.41 Å². The number of nitrogens with one attached hydrogen (secondary N) is 1. The highest BCUT2D eigenvalue weighted by molar-refractivity contribution is 7.89. The molecule has 2 rings (SSSR count). The zero-order chi connectivity index (χ0) is 15.7. The van der Waals surface area contributed by atoms with Crippen molar-refractivity contribution >= 4 is 16.0 Å². The van der Waals surface area contributed by atoms with E-state index < -0.39 is 21.4 Å². The minimum atomic E-state index is -3.60. The van der Waals surface area contributed by atoms with Crippen molar-refractivity contribution in [3.05, 3.63) is 29.3 Å². The van der Waals surface area contributed by atoms with Gasteiger partial charge in [-0.05, 0) is 49.3 Å². The van der Waals surface area contributed by atoms with E-state index >= 15 is 0 Å². The van der Waals surface area contributed by atoms with Gasteiger partial charge in [0, 0.05) is 6.54 Å². The summed E-state index contributed by atoms with van der Waals surface area (Å²) < 4.78 is 27.4. The minimum absolute atomic E-state index is 0.0162. The molecule has 116 valence electrons. The second-order valence-electron chi connectivity index (χ2n) is 6.02. The first-order valence-electron chi connectivity index (χ1n) is 7.03. The number of hydrogen-bond donors (Lipinski definition) is 2. The molecule has 0 heterocycles. The van der Waals surface area contributed by atoms with Crippen molar-refractivity contribution in [2.75, 3.05) is 6.54 Å². The topological polar surface area (TPSA) is 83.5 Å². The maximum absolute atomic E-state index is 12.4. The molecule has 0 aliphatic heterocycles. The molecule has 1 aliphatic carbocycles. The lowest BCUT2D eigenvalue weighted by Crippen LogP contribution is -2.43. The summed E-state index contributed by atoms with van der Waals surface area (Å²) in [5, 5.41) is 8.96. The van der Waals surface area contributed by atoms with Crippen LogP contribution in [0.2, 0.25) is 0 Å². The van der Waals surface area contributed by atoms with Gasteiger partial charge in [0.15, 0.2) is 0 Å². The summed E-state index contributed by atoms with van der Waals surface area (Å²) in [7, 11) is -3.60. The second kappa shape index (κ2) is 5.77. The van der Waals surface area contributed by atoms with Gasteiger partial charge in [-0.2, -0.15) is 0 Å². The van der Waals surface area contributed by atoms with Gasteiger partial charge in [0.1, 0.15) is 0 Å². The van der Waals surface area contributed by atoms with E-state index in [1.54, 1.807) is 19.1 Å². The number of benzene rings is 1. The summed E-state index contributed by atoms with van der Waals surface area (Å²) >= 11 is 0. The molecular weight excluding hydrogens is 290 g/mol. The van der Waals surface area contributed by atoms with Gasteiger partial charge in [-0.25, -0.2) is 13.1 Å². The summed E-state index contributed by atoms with van der Waals surface area (Å²) in [5.41, 5.74) is 1.15. The Kier molecular flexibility index (Phi) is 4.39. The van der Waals surface area contributed by atoms with Crippen LogP contribution in [0, 0.1) is 19.3 Å². The standard InChI is InChI=1S/C15H21NO4S/c1-11-4-5-12(2)13(8-11)21(19,20)16-10-15(6-3-7-15)9-14(17)18/h4-5,8,16H,3,6-7,9-10H2,1-2H3,(H,17,18). The Balaban J connectivity index is 2.14. The van der Waals surface area contributed by atoms with Crippen LogP contribution in [-0.2, 0) is 14.8 Å². The molecule has 2 N–H and O–H groups in total. The smallest absolute Gasteiger partial charge is 0.303 e. The molecule has 0 spiro atoms. The highest BCUT2D eigenvalue weighted by Crippen LogP contribution is 2.43. The van der Waals surface area contributed by atoms with Crippen LogP contribution in [0.1, 0.15) is 36.8 Å². The summed E-state index contributed by atoms with van der Waals surface area (Å²) in [5.74, 6) is -0.874. The molecule has 0 bridgehead atoms. The Morgan fingerprint density at radius 3 is 2.52 bits per heavy atom. The molecule has 0 unspecified atom stereocenters. The van der Waals surface area contributed by atoms with Gasteiger partial charge in [0.05, 0.1) is 11.3 Å². The predicted octanol–water partition coefficient (Wildman–Crippen LogP) is 2.23. The molecular formula is C15H21NO4S. The van der Waals surface area contributed by atoms with E-state index in [1.807, 2.05) is 13.0 Å². The Labute approximate surface area is 125 Å². The molecule has 1 aliphatic rings. The zero-order valence-corrected chi connectivity index (χ0v) is 13.2. The van der Waals surface area contributed by atoms with E-state index in [9.17, 15) is 13.2 Å². The van der Waals surface area contributed by atoms with Crippen molar-refractivity contribution in [1.29, 1.82) is 0 Å². The number of carbonyl (C=O) groups is 1. The fourth-order valence-corrected chi connectivity index (χ4v) is 4.22. The van der Waals surface area contributed by atoms with E-state index in [0.29, 0.717) is 5.56 Å².